The zero-order valence-corrected chi connectivity index (χ0v) is 28.3. The Morgan fingerprint density at radius 3 is 1.90 bits per heavy atom. The van der Waals surface area contributed by atoms with Crippen molar-refractivity contribution in [1.29, 1.82) is 0 Å². The summed E-state index contributed by atoms with van der Waals surface area (Å²) in [6.07, 6.45) is 8.89. The molecule has 7 aromatic carbocycles. The lowest BCUT2D eigenvalue weighted by Crippen LogP contribution is -2.23. The number of aromatic nitrogens is 2. The predicted molar refractivity (Wildman–Crippen MR) is 218 cm³/mol. The van der Waals surface area contributed by atoms with E-state index >= 15 is 0 Å². The van der Waals surface area contributed by atoms with E-state index in [9.17, 15) is 0 Å². The second-order valence-corrected chi connectivity index (χ2v) is 13.7. The van der Waals surface area contributed by atoms with Gasteiger partial charge in [-0.3, -0.25) is 4.99 Å². The van der Waals surface area contributed by atoms with Crippen LogP contribution < -0.4 is 0 Å². The van der Waals surface area contributed by atoms with Gasteiger partial charge >= 0.3 is 0 Å². The molecule has 2 aliphatic rings. The van der Waals surface area contributed by atoms with Gasteiger partial charge in [0.2, 0.25) is 0 Å². The highest BCUT2D eigenvalue weighted by atomic mass is 15.3. The fourth-order valence-corrected chi connectivity index (χ4v) is 8.47. The minimum atomic E-state index is -0.576. The van der Waals surface area contributed by atoms with E-state index in [0.717, 1.165) is 40.1 Å². The molecule has 0 bridgehead atoms. The molecular weight excluding hydrogens is 635 g/mol. The number of hydrogen-bond acceptors (Lipinski definition) is 2. The van der Waals surface area contributed by atoms with E-state index in [1.165, 1.54) is 48.6 Å². The van der Waals surface area contributed by atoms with E-state index in [1.807, 2.05) is 6.07 Å². The molecule has 52 heavy (non-hydrogen) atoms. The number of benzene rings is 7. The van der Waals surface area contributed by atoms with Crippen LogP contribution in [0.4, 0.5) is 0 Å². The van der Waals surface area contributed by atoms with Gasteiger partial charge in [0.05, 0.1) is 22.1 Å². The van der Waals surface area contributed by atoms with E-state index in [4.69, 9.17) is 15.3 Å². The Hall–Kier alpha value is -6.72. The third kappa shape index (κ3) is 4.29. The quantitative estimate of drug-likeness (QED) is 0.179. The number of aliphatic imine (C=N–C) groups is 2. The van der Waals surface area contributed by atoms with Gasteiger partial charge in [0.1, 0.15) is 6.29 Å². The summed E-state index contributed by atoms with van der Waals surface area (Å²) in [7, 11) is 0. The largest absolute Gasteiger partial charge is 0.424 e. The molecule has 2 aromatic heterocycles. The van der Waals surface area contributed by atoms with Gasteiger partial charge in [-0.2, -0.15) is 0 Å². The number of allylic oxidation sites excluding steroid dienone is 3. The average molecular weight is 667 g/mol. The molecule has 3 heterocycles. The Morgan fingerprint density at radius 1 is 0.558 bits per heavy atom. The molecule has 2 atom stereocenters. The first-order chi connectivity index (χ1) is 25.8. The van der Waals surface area contributed by atoms with E-state index in [0.29, 0.717) is 5.84 Å². The van der Waals surface area contributed by atoms with Crippen LogP contribution in [0.25, 0.3) is 76.2 Å². The SMILES string of the molecule is C1=CCC(C2=NC(n3c4ccc5ccccc5c4c4ccc5c6c7ccccc7ccc6n(-c6ccccc6)c5c43)[N-]C(c3ccccc3)=N2)C=C1. The third-order valence-corrected chi connectivity index (χ3v) is 10.8. The Labute approximate surface area is 300 Å². The molecule has 0 saturated carbocycles. The molecule has 5 nitrogen and oxygen atoms in total. The molecule has 246 valence electrons. The van der Waals surface area contributed by atoms with Crippen molar-refractivity contribution < 1.29 is 0 Å². The Kier molecular flexibility index (Phi) is 6.37. The van der Waals surface area contributed by atoms with Crippen molar-refractivity contribution in [3.63, 3.8) is 0 Å². The maximum absolute atomic E-state index is 5.45. The van der Waals surface area contributed by atoms with Crippen LogP contribution in [-0.2, 0) is 0 Å². The van der Waals surface area contributed by atoms with Crippen molar-refractivity contribution in [2.45, 2.75) is 12.7 Å². The van der Waals surface area contributed by atoms with Crippen molar-refractivity contribution in [3.05, 3.63) is 181 Å². The average Bonchev–Trinajstić information content (AvgIpc) is 3.75. The minimum absolute atomic E-state index is 0.0674. The summed E-state index contributed by atoms with van der Waals surface area (Å²) in [5.74, 6) is 1.57. The minimum Gasteiger partial charge on any atom is -0.424 e. The highest BCUT2D eigenvalue weighted by Gasteiger charge is 2.26. The Balaban J connectivity index is 1.32. The fourth-order valence-electron chi connectivity index (χ4n) is 8.47. The number of hydrogen-bond donors (Lipinski definition) is 0. The molecule has 9 aromatic rings. The van der Waals surface area contributed by atoms with Crippen molar-refractivity contribution in [1.82, 2.24) is 9.13 Å². The molecular formula is C47H32N5-. The lowest BCUT2D eigenvalue weighted by molar-refractivity contribution is 0.648. The standard InChI is InChI=1S/C47H32N5/c1-4-16-32(17-5-1)45-48-46(33-18-6-2-7-19-33)50-47(49-45)52-40-29-25-31-15-11-13-23-36(31)42(40)38-27-26-37-41-35-22-12-10-14-30(35)24-28-39(41)51(43(37)44(38)52)34-20-8-3-9-21-34/h1-18,20-29,33,47H,19H2/q-1. The van der Waals surface area contributed by atoms with Crippen LogP contribution in [0.2, 0.25) is 0 Å². The van der Waals surface area contributed by atoms with Crippen LogP contribution in [0.1, 0.15) is 18.3 Å². The number of nitrogens with zero attached hydrogens (tertiary/aromatic N) is 5. The van der Waals surface area contributed by atoms with Crippen LogP contribution in [0, 0.1) is 5.92 Å². The summed E-state index contributed by atoms with van der Waals surface area (Å²) in [5, 5.41) is 15.1. The Bertz CT molecular complexity index is 3010. The molecule has 1 aliphatic heterocycles. The van der Waals surface area contributed by atoms with Crippen LogP contribution >= 0.6 is 0 Å². The molecule has 0 radical (unpaired) electrons. The number of fused-ring (bicyclic) bond motifs is 11. The van der Waals surface area contributed by atoms with Crippen LogP contribution in [0.3, 0.4) is 0 Å². The first-order valence-electron chi connectivity index (χ1n) is 17.9. The molecule has 0 spiro atoms. The van der Waals surface area contributed by atoms with E-state index in [2.05, 4.69) is 173 Å². The van der Waals surface area contributed by atoms with Crippen molar-refractivity contribution in [3.8, 4) is 5.69 Å². The molecule has 11 rings (SSSR count). The number of para-hydroxylation sites is 1. The summed E-state index contributed by atoms with van der Waals surface area (Å²) < 4.78 is 4.84. The van der Waals surface area contributed by atoms with Crippen molar-refractivity contribution in [2.75, 3.05) is 0 Å². The van der Waals surface area contributed by atoms with Gasteiger partial charge in [0, 0.05) is 39.0 Å². The summed E-state index contributed by atoms with van der Waals surface area (Å²) >= 11 is 0. The van der Waals surface area contributed by atoms with Crippen LogP contribution in [-0.4, -0.2) is 20.8 Å². The number of rotatable bonds is 4. The fraction of sp³-hybridized carbons (Fsp3) is 0.0638. The summed E-state index contributed by atoms with van der Waals surface area (Å²) in [4.78, 5) is 10.6. The van der Waals surface area contributed by atoms with Crippen molar-refractivity contribution in [2.24, 2.45) is 15.9 Å². The van der Waals surface area contributed by atoms with Gasteiger partial charge in [-0.25, -0.2) is 0 Å². The van der Waals surface area contributed by atoms with Crippen molar-refractivity contribution >= 4 is 76.8 Å². The zero-order chi connectivity index (χ0) is 34.2. The van der Waals surface area contributed by atoms with Gasteiger partial charge in [0.15, 0.2) is 0 Å². The van der Waals surface area contributed by atoms with E-state index in [1.54, 1.807) is 0 Å². The monoisotopic (exact) mass is 666 g/mol. The van der Waals surface area contributed by atoms with Gasteiger partial charge < -0.3 is 19.4 Å². The van der Waals surface area contributed by atoms with Gasteiger partial charge in [-0.05, 0) is 57.8 Å². The lowest BCUT2D eigenvalue weighted by atomic mass is 9.99. The summed E-state index contributed by atoms with van der Waals surface area (Å²) in [6.45, 7) is 0. The molecule has 1 aliphatic carbocycles. The first kappa shape index (κ1) is 29.1. The summed E-state index contributed by atoms with van der Waals surface area (Å²) in [6, 6.07) is 52.2. The van der Waals surface area contributed by atoms with Crippen LogP contribution in [0.5, 0.6) is 0 Å². The first-order valence-corrected chi connectivity index (χ1v) is 17.9. The van der Waals surface area contributed by atoms with E-state index < -0.39 is 6.29 Å². The lowest BCUT2D eigenvalue weighted by Gasteiger charge is -2.35. The molecule has 0 N–H and O–H groups in total. The predicted octanol–water partition coefficient (Wildman–Crippen LogP) is 12.0. The second kappa shape index (κ2) is 11.4. The molecule has 5 heteroatoms. The maximum atomic E-state index is 5.45. The topological polar surface area (TPSA) is 48.7 Å². The third-order valence-electron chi connectivity index (χ3n) is 10.8. The highest BCUT2D eigenvalue weighted by molar-refractivity contribution is 6.31. The molecule has 2 unspecified atom stereocenters. The Morgan fingerprint density at radius 2 is 1.19 bits per heavy atom. The van der Waals surface area contributed by atoms with Gasteiger partial charge in [-0.1, -0.05) is 151 Å². The molecule has 0 saturated heterocycles. The molecule has 0 fully saturated rings. The van der Waals surface area contributed by atoms with Crippen LogP contribution in [0.15, 0.2) is 180 Å². The maximum Gasteiger partial charge on any atom is 0.135 e. The summed E-state index contributed by atoms with van der Waals surface area (Å²) in [5.41, 5.74) is 6.62. The molecule has 0 amide bonds. The zero-order valence-electron chi connectivity index (χ0n) is 28.3. The van der Waals surface area contributed by atoms with Gasteiger partial charge in [0.25, 0.3) is 0 Å². The highest BCUT2D eigenvalue weighted by Crippen LogP contribution is 2.46. The normalized spacial score (nSPS) is 17.4. The number of amidine groups is 2. The van der Waals surface area contributed by atoms with Gasteiger partial charge in [-0.15, -0.1) is 0 Å². The van der Waals surface area contributed by atoms with E-state index in [-0.39, 0.29) is 5.92 Å². The second-order valence-electron chi connectivity index (χ2n) is 13.7. The smallest absolute Gasteiger partial charge is 0.135 e.